The molecule has 0 unspecified atom stereocenters. The Bertz CT molecular complexity index is 589. The van der Waals surface area contributed by atoms with Crippen LogP contribution in [-0.4, -0.2) is 53.8 Å². The van der Waals surface area contributed by atoms with Crippen molar-refractivity contribution < 1.29 is 9.59 Å². The van der Waals surface area contributed by atoms with Gasteiger partial charge in [0, 0.05) is 24.7 Å². The van der Waals surface area contributed by atoms with Crippen LogP contribution in [0.5, 0.6) is 0 Å². The van der Waals surface area contributed by atoms with E-state index in [1.54, 1.807) is 0 Å². The number of benzene rings is 1. The molecule has 0 bridgehead atoms. The average Bonchev–Trinajstić information content (AvgIpc) is 2.97. The summed E-state index contributed by atoms with van der Waals surface area (Å²) in [7, 11) is 0. The van der Waals surface area contributed by atoms with E-state index in [0.717, 1.165) is 57.5 Å². The molecule has 0 aromatic heterocycles. The second-order valence-electron chi connectivity index (χ2n) is 7.58. The van der Waals surface area contributed by atoms with E-state index < -0.39 is 0 Å². The summed E-state index contributed by atoms with van der Waals surface area (Å²) in [4.78, 5) is 29.6. The van der Waals surface area contributed by atoms with Gasteiger partial charge >= 0.3 is 0 Å². The highest BCUT2D eigenvalue weighted by Gasteiger charge is 2.31. The SMILES string of the molecule is C[C@@H](C(=O)N1CCCCCC1)N1CCC(C(=O)Nc2ccccc2)CC1. The van der Waals surface area contributed by atoms with E-state index in [9.17, 15) is 9.59 Å². The van der Waals surface area contributed by atoms with Crippen molar-refractivity contribution in [3.8, 4) is 0 Å². The second kappa shape index (κ2) is 9.17. The predicted molar refractivity (Wildman–Crippen MR) is 104 cm³/mol. The molecule has 2 aliphatic rings. The lowest BCUT2D eigenvalue weighted by Crippen LogP contribution is -2.50. The van der Waals surface area contributed by atoms with Crippen molar-refractivity contribution in [3.63, 3.8) is 0 Å². The molecule has 0 aliphatic carbocycles. The summed E-state index contributed by atoms with van der Waals surface area (Å²) < 4.78 is 0. The quantitative estimate of drug-likeness (QED) is 0.901. The van der Waals surface area contributed by atoms with Gasteiger partial charge in [0.2, 0.25) is 11.8 Å². The van der Waals surface area contributed by atoms with Crippen molar-refractivity contribution in [2.24, 2.45) is 5.92 Å². The van der Waals surface area contributed by atoms with Crippen LogP contribution in [0, 0.1) is 5.92 Å². The zero-order chi connectivity index (χ0) is 18.4. The van der Waals surface area contributed by atoms with Gasteiger partial charge in [0.15, 0.2) is 0 Å². The number of nitrogens with zero attached hydrogens (tertiary/aromatic N) is 2. The summed E-state index contributed by atoms with van der Waals surface area (Å²) in [6.07, 6.45) is 6.35. The van der Waals surface area contributed by atoms with E-state index in [1.165, 1.54) is 12.8 Å². The third-order valence-corrected chi connectivity index (χ3v) is 5.76. The first-order valence-corrected chi connectivity index (χ1v) is 10.0. The largest absolute Gasteiger partial charge is 0.341 e. The van der Waals surface area contributed by atoms with Gasteiger partial charge in [0.25, 0.3) is 0 Å². The average molecular weight is 357 g/mol. The van der Waals surface area contributed by atoms with Gasteiger partial charge in [-0.1, -0.05) is 31.0 Å². The van der Waals surface area contributed by atoms with Crippen molar-refractivity contribution in [2.45, 2.75) is 51.5 Å². The molecule has 0 saturated carbocycles. The molecule has 0 spiro atoms. The number of anilines is 1. The van der Waals surface area contributed by atoms with E-state index >= 15 is 0 Å². The molecule has 142 valence electrons. The van der Waals surface area contributed by atoms with Gasteiger partial charge in [0.1, 0.15) is 0 Å². The number of amides is 2. The normalized spacial score (nSPS) is 21.0. The Labute approximate surface area is 156 Å². The van der Waals surface area contributed by atoms with E-state index in [2.05, 4.69) is 10.2 Å². The van der Waals surface area contributed by atoms with Crippen LogP contribution in [0.4, 0.5) is 5.69 Å². The molecule has 5 nitrogen and oxygen atoms in total. The third kappa shape index (κ3) is 4.85. The zero-order valence-electron chi connectivity index (χ0n) is 15.8. The van der Waals surface area contributed by atoms with Crippen molar-refractivity contribution in [1.29, 1.82) is 0 Å². The molecular weight excluding hydrogens is 326 g/mol. The van der Waals surface area contributed by atoms with Gasteiger partial charge in [-0.3, -0.25) is 14.5 Å². The lowest BCUT2D eigenvalue weighted by Gasteiger charge is -2.36. The molecule has 26 heavy (non-hydrogen) atoms. The molecule has 3 rings (SSSR count). The number of carbonyl (C=O) groups is 2. The van der Waals surface area contributed by atoms with Crippen LogP contribution in [0.15, 0.2) is 30.3 Å². The molecule has 1 aromatic rings. The zero-order valence-corrected chi connectivity index (χ0v) is 15.8. The van der Waals surface area contributed by atoms with Crippen molar-refractivity contribution >= 4 is 17.5 Å². The number of carbonyl (C=O) groups excluding carboxylic acids is 2. The Hall–Kier alpha value is -1.88. The number of rotatable bonds is 4. The van der Waals surface area contributed by atoms with Gasteiger partial charge in [-0.25, -0.2) is 0 Å². The fourth-order valence-electron chi connectivity index (χ4n) is 4.03. The van der Waals surface area contributed by atoms with Crippen LogP contribution in [-0.2, 0) is 9.59 Å². The minimum Gasteiger partial charge on any atom is -0.341 e. The molecule has 2 fully saturated rings. The van der Waals surface area contributed by atoms with E-state index in [1.807, 2.05) is 42.2 Å². The molecule has 2 heterocycles. The Balaban J connectivity index is 1.48. The van der Waals surface area contributed by atoms with E-state index in [0.29, 0.717) is 0 Å². The Kier molecular flexibility index (Phi) is 6.67. The fraction of sp³-hybridized carbons (Fsp3) is 0.619. The smallest absolute Gasteiger partial charge is 0.239 e. The highest BCUT2D eigenvalue weighted by atomic mass is 16.2. The Morgan fingerprint density at radius 2 is 1.58 bits per heavy atom. The minimum atomic E-state index is -0.0776. The van der Waals surface area contributed by atoms with Gasteiger partial charge in [-0.2, -0.15) is 0 Å². The van der Waals surface area contributed by atoms with Gasteiger partial charge in [0.05, 0.1) is 6.04 Å². The summed E-state index contributed by atoms with van der Waals surface area (Å²) in [5, 5.41) is 3.00. The summed E-state index contributed by atoms with van der Waals surface area (Å²) in [6, 6.07) is 9.54. The number of nitrogens with one attached hydrogen (secondary N) is 1. The first kappa shape index (κ1) is 18.9. The number of para-hydroxylation sites is 1. The summed E-state index contributed by atoms with van der Waals surface area (Å²) in [5.74, 6) is 0.397. The molecule has 1 atom stereocenters. The highest BCUT2D eigenvalue weighted by molar-refractivity contribution is 5.92. The molecule has 1 aromatic carbocycles. The number of hydrogen-bond donors (Lipinski definition) is 1. The monoisotopic (exact) mass is 357 g/mol. The maximum atomic E-state index is 12.8. The standard InChI is InChI=1S/C21H31N3O2/c1-17(21(26)24-13-7-2-3-8-14-24)23-15-11-18(12-16-23)20(25)22-19-9-5-4-6-10-19/h4-6,9-10,17-18H,2-3,7-8,11-16H2,1H3,(H,22,25)/t17-/m0/s1. The van der Waals surface area contributed by atoms with E-state index in [4.69, 9.17) is 0 Å². The molecule has 1 N–H and O–H groups in total. The van der Waals surface area contributed by atoms with Gasteiger partial charge < -0.3 is 10.2 Å². The topological polar surface area (TPSA) is 52.7 Å². The van der Waals surface area contributed by atoms with Gasteiger partial charge in [-0.05, 0) is 57.8 Å². The van der Waals surface area contributed by atoms with Crippen LogP contribution < -0.4 is 5.32 Å². The van der Waals surface area contributed by atoms with Crippen LogP contribution in [0.2, 0.25) is 0 Å². The molecule has 2 amide bonds. The van der Waals surface area contributed by atoms with Crippen molar-refractivity contribution in [1.82, 2.24) is 9.80 Å². The summed E-state index contributed by atoms with van der Waals surface area (Å²) in [6.45, 7) is 5.46. The fourth-order valence-corrected chi connectivity index (χ4v) is 4.03. The van der Waals surface area contributed by atoms with Crippen molar-refractivity contribution in [3.05, 3.63) is 30.3 Å². The summed E-state index contributed by atoms with van der Waals surface area (Å²) >= 11 is 0. The Morgan fingerprint density at radius 3 is 2.19 bits per heavy atom. The van der Waals surface area contributed by atoms with Crippen molar-refractivity contribution in [2.75, 3.05) is 31.5 Å². The minimum absolute atomic E-state index is 0.0342. The molecule has 0 radical (unpaired) electrons. The van der Waals surface area contributed by atoms with Crippen LogP contribution >= 0.6 is 0 Å². The second-order valence-corrected chi connectivity index (χ2v) is 7.58. The summed E-state index contributed by atoms with van der Waals surface area (Å²) in [5.41, 5.74) is 0.852. The van der Waals surface area contributed by atoms with Gasteiger partial charge in [-0.15, -0.1) is 0 Å². The predicted octanol–water partition coefficient (Wildman–Crippen LogP) is 3.13. The molecule has 2 aliphatic heterocycles. The highest BCUT2D eigenvalue weighted by Crippen LogP contribution is 2.22. The maximum absolute atomic E-state index is 12.8. The van der Waals surface area contributed by atoms with Crippen LogP contribution in [0.25, 0.3) is 0 Å². The lowest BCUT2D eigenvalue weighted by atomic mass is 9.94. The van der Waals surface area contributed by atoms with E-state index in [-0.39, 0.29) is 23.8 Å². The molecule has 2 saturated heterocycles. The first-order valence-electron chi connectivity index (χ1n) is 10.0. The third-order valence-electron chi connectivity index (χ3n) is 5.76. The number of likely N-dealkylation sites (tertiary alicyclic amines) is 2. The molecular formula is C21H31N3O2. The number of hydrogen-bond acceptors (Lipinski definition) is 3. The first-order chi connectivity index (χ1) is 12.6. The van der Waals surface area contributed by atoms with Crippen LogP contribution in [0.3, 0.4) is 0 Å². The molecule has 5 heteroatoms. The Morgan fingerprint density at radius 1 is 0.962 bits per heavy atom. The number of piperidine rings is 1. The van der Waals surface area contributed by atoms with Crippen LogP contribution in [0.1, 0.15) is 45.4 Å². The lowest BCUT2D eigenvalue weighted by molar-refractivity contribution is -0.137. The maximum Gasteiger partial charge on any atom is 0.239 e.